The summed E-state index contributed by atoms with van der Waals surface area (Å²) < 4.78 is 0. The van der Waals surface area contributed by atoms with Gasteiger partial charge in [0.05, 0.1) is 0 Å². The molecule has 23 heavy (non-hydrogen) atoms. The summed E-state index contributed by atoms with van der Waals surface area (Å²) in [6.45, 7) is 2.65. The van der Waals surface area contributed by atoms with Crippen LogP contribution in [0.25, 0.3) is 0 Å². The number of unbranched alkanes of at least 4 members (excludes halogenated alkanes) is 1. The zero-order valence-corrected chi connectivity index (χ0v) is 14.2. The number of benzene rings is 2. The van der Waals surface area contributed by atoms with Crippen LogP contribution >= 0.6 is 11.8 Å². The van der Waals surface area contributed by atoms with Crippen molar-refractivity contribution in [3.05, 3.63) is 60.2 Å². The predicted molar refractivity (Wildman–Crippen MR) is 94.8 cm³/mol. The van der Waals surface area contributed by atoms with Gasteiger partial charge in [0.25, 0.3) is 0 Å². The highest BCUT2D eigenvalue weighted by Gasteiger charge is 2.15. The van der Waals surface area contributed by atoms with E-state index in [1.807, 2.05) is 18.2 Å². The summed E-state index contributed by atoms with van der Waals surface area (Å²) in [5, 5.41) is 12.4. The third kappa shape index (κ3) is 6.08. The van der Waals surface area contributed by atoms with Crippen LogP contribution in [-0.2, 0) is 11.3 Å². The van der Waals surface area contributed by atoms with Crippen LogP contribution < -0.4 is 5.32 Å². The fourth-order valence-corrected chi connectivity index (χ4v) is 3.10. The molecule has 0 saturated carbocycles. The maximum Gasteiger partial charge on any atom is 0.320 e. The van der Waals surface area contributed by atoms with Crippen LogP contribution in [0, 0.1) is 0 Å². The fraction of sp³-hybridized carbons (Fsp3) is 0.316. The first-order valence-electron chi connectivity index (χ1n) is 7.97. The molecule has 0 unspecified atom stereocenters. The molecule has 2 N–H and O–H groups in total. The fourth-order valence-electron chi connectivity index (χ4n) is 2.26. The summed E-state index contributed by atoms with van der Waals surface area (Å²) in [6, 6.07) is 18.0. The second-order valence-corrected chi connectivity index (χ2v) is 6.62. The number of carboxylic acids is 1. The van der Waals surface area contributed by atoms with Crippen LogP contribution in [0.15, 0.2) is 64.4 Å². The van der Waals surface area contributed by atoms with Gasteiger partial charge in [-0.3, -0.25) is 4.79 Å². The van der Waals surface area contributed by atoms with Gasteiger partial charge < -0.3 is 10.4 Å². The number of nitrogens with one attached hydrogen (secondary N) is 1. The smallest absolute Gasteiger partial charge is 0.320 e. The first kappa shape index (κ1) is 17.6. The van der Waals surface area contributed by atoms with Gasteiger partial charge in [-0.15, -0.1) is 0 Å². The van der Waals surface area contributed by atoms with Crippen molar-refractivity contribution >= 4 is 17.7 Å². The summed E-state index contributed by atoms with van der Waals surface area (Å²) in [7, 11) is 0. The molecular weight excluding hydrogens is 306 g/mol. The Kier molecular flexibility index (Phi) is 7.17. The van der Waals surface area contributed by atoms with Crippen LogP contribution in [0.2, 0.25) is 0 Å². The minimum atomic E-state index is -0.769. The molecule has 1 atom stereocenters. The van der Waals surface area contributed by atoms with Crippen LogP contribution in [0.3, 0.4) is 0 Å². The van der Waals surface area contributed by atoms with Gasteiger partial charge in [-0.25, -0.2) is 0 Å². The molecule has 2 rings (SSSR count). The number of aliphatic carboxylic acids is 1. The van der Waals surface area contributed by atoms with E-state index in [-0.39, 0.29) is 0 Å². The minimum Gasteiger partial charge on any atom is -0.480 e. The van der Waals surface area contributed by atoms with Gasteiger partial charge in [-0.2, -0.15) is 0 Å². The molecule has 0 spiro atoms. The molecule has 0 aliphatic heterocycles. The minimum absolute atomic E-state index is 0.465. The van der Waals surface area contributed by atoms with Crippen LogP contribution in [-0.4, -0.2) is 17.1 Å². The molecule has 0 aliphatic rings. The molecule has 0 aromatic heterocycles. The molecule has 0 amide bonds. The lowest BCUT2D eigenvalue weighted by Crippen LogP contribution is -2.36. The first-order chi connectivity index (χ1) is 11.2. The maximum atomic E-state index is 11.2. The van der Waals surface area contributed by atoms with E-state index in [0.717, 1.165) is 18.4 Å². The lowest BCUT2D eigenvalue weighted by molar-refractivity contribution is -0.139. The second-order valence-electron chi connectivity index (χ2n) is 5.47. The molecule has 122 valence electrons. The number of carbonyl (C=O) groups is 1. The lowest BCUT2D eigenvalue weighted by Gasteiger charge is -2.14. The molecule has 0 saturated heterocycles. The van der Waals surface area contributed by atoms with Crippen molar-refractivity contribution in [3.8, 4) is 0 Å². The Morgan fingerprint density at radius 2 is 1.74 bits per heavy atom. The average Bonchev–Trinajstić information content (AvgIpc) is 2.57. The van der Waals surface area contributed by atoms with Crippen molar-refractivity contribution in [1.82, 2.24) is 5.32 Å². The van der Waals surface area contributed by atoms with Crippen molar-refractivity contribution in [3.63, 3.8) is 0 Å². The van der Waals surface area contributed by atoms with Crippen molar-refractivity contribution in [2.75, 3.05) is 0 Å². The van der Waals surface area contributed by atoms with Gasteiger partial charge in [-0.05, 0) is 36.2 Å². The molecule has 0 radical (unpaired) electrons. The van der Waals surface area contributed by atoms with Gasteiger partial charge in [-0.1, -0.05) is 61.9 Å². The SMILES string of the molecule is CCCC[C@H](NCc1ccc(Sc2ccccc2)cc1)C(=O)O. The van der Waals surface area contributed by atoms with Crippen molar-refractivity contribution in [2.24, 2.45) is 0 Å². The third-order valence-corrected chi connectivity index (χ3v) is 4.62. The number of rotatable bonds is 9. The Balaban J connectivity index is 1.88. The summed E-state index contributed by atoms with van der Waals surface area (Å²) in [4.78, 5) is 13.6. The predicted octanol–water partition coefficient (Wildman–Crippen LogP) is 4.57. The normalized spacial score (nSPS) is 12.0. The molecule has 3 nitrogen and oxygen atoms in total. The van der Waals surface area contributed by atoms with Crippen molar-refractivity contribution < 1.29 is 9.90 Å². The third-order valence-electron chi connectivity index (χ3n) is 3.60. The van der Waals surface area contributed by atoms with Crippen LogP contribution in [0.1, 0.15) is 31.7 Å². The quantitative estimate of drug-likeness (QED) is 0.707. The molecule has 2 aromatic carbocycles. The Morgan fingerprint density at radius 3 is 2.35 bits per heavy atom. The first-order valence-corrected chi connectivity index (χ1v) is 8.78. The summed E-state index contributed by atoms with van der Waals surface area (Å²) in [5.74, 6) is -0.769. The number of hydrogen-bond donors (Lipinski definition) is 2. The zero-order valence-electron chi connectivity index (χ0n) is 13.4. The number of carboxylic acid groups (broad SMARTS) is 1. The van der Waals surface area contributed by atoms with E-state index in [0.29, 0.717) is 13.0 Å². The average molecular weight is 329 g/mol. The lowest BCUT2D eigenvalue weighted by atomic mass is 10.1. The van der Waals surface area contributed by atoms with E-state index in [1.165, 1.54) is 9.79 Å². The van der Waals surface area contributed by atoms with E-state index < -0.39 is 12.0 Å². The highest BCUT2D eigenvalue weighted by molar-refractivity contribution is 7.99. The Labute approximate surface area is 142 Å². The summed E-state index contributed by atoms with van der Waals surface area (Å²) in [5.41, 5.74) is 1.10. The standard InChI is InChI=1S/C19H23NO2S/c1-2-3-9-18(19(21)22)20-14-15-10-12-17(13-11-15)23-16-7-5-4-6-8-16/h4-8,10-13,18,20H,2-3,9,14H2,1H3,(H,21,22)/t18-/m0/s1. The summed E-state index contributed by atoms with van der Waals surface area (Å²) >= 11 is 1.72. The monoisotopic (exact) mass is 329 g/mol. The van der Waals surface area contributed by atoms with Crippen molar-refractivity contribution in [1.29, 1.82) is 0 Å². The van der Waals surface area contributed by atoms with Gasteiger partial charge >= 0.3 is 5.97 Å². The Morgan fingerprint density at radius 1 is 1.09 bits per heavy atom. The van der Waals surface area contributed by atoms with Crippen LogP contribution in [0.4, 0.5) is 0 Å². The molecule has 2 aromatic rings. The largest absolute Gasteiger partial charge is 0.480 e. The van der Waals surface area contributed by atoms with Crippen LogP contribution in [0.5, 0.6) is 0 Å². The molecule has 0 aliphatic carbocycles. The highest BCUT2D eigenvalue weighted by atomic mass is 32.2. The second kappa shape index (κ2) is 9.38. The van der Waals surface area contributed by atoms with Gasteiger partial charge in [0.1, 0.15) is 6.04 Å². The number of hydrogen-bond acceptors (Lipinski definition) is 3. The zero-order chi connectivity index (χ0) is 16.5. The van der Waals surface area contributed by atoms with Crippen molar-refractivity contribution in [2.45, 2.75) is 48.6 Å². The van der Waals surface area contributed by atoms with E-state index in [9.17, 15) is 9.90 Å². The highest BCUT2D eigenvalue weighted by Crippen LogP contribution is 2.27. The molecule has 0 heterocycles. The van der Waals surface area contributed by atoms with Gasteiger partial charge in [0, 0.05) is 16.3 Å². The van der Waals surface area contributed by atoms with E-state index in [2.05, 4.69) is 48.6 Å². The Hall–Kier alpha value is -1.78. The van der Waals surface area contributed by atoms with E-state index >= 15 is 0 Å². The van der Waals surface area contributed by atoms with Gasteiger partial charge in [0.2, 0.25) is 0 Å². The molecular formula is C19H23NO2S. The van der Waals surface area contributed by atoms with E-state index in [4.69, 9.17) is 0 Å². The Bertz CT molecular complexity index is 599. The summed E-state index contributed by atoms with van der Waals surface area (Å²) in [6.07, 6.45) is 2.61. The molecule has 4 heteroatoms. The topological polar surface area (TPSA) is 49.3 Å². The van der Waals surface area contributed by atoms with E-state index in [1.54, 1.807) is 11.8 Å². The molecule has 0 bridgehead atoms. The van der Waals surface area contributed by atoms with Gasteiger partial charge in [0.15, 0.2) is 0 Å². The molecule has 0 fully saturated rings. The maximum absolute atomic E-state index is 11.2.